The molecule has 1 unspecified atom stereocenters. The number of anilines is 2. The van der Waals surface area contributed by atoms with Crippen LogP contribution in [0.5, 0.6) is 0 Å². The molecule has 0 spiro atoms. The number of ether oxygens (including phenoxy) is 2. The number of carbonyl (C=O) groups is 2. The molecule has 0 saturated carbocycles. The highest BCUT2D eigenvalue weighted by Gasteiger charge is 2.43. The van der Waals surface area contributed by atoms with E-state index in [1.807, 2.05) is 64.8 Å². The number of hydrogen-bond acceptors (Lipinski definition) is 7. The van der Waals surface area contributed by atoms with Gasteiger partial charge in [-0.25, -0.2) is 9.59 Å². The van der Waals surface area contributed by atoms with E-state index in [0.717, 1.165) is 35.4 Å². The molecule has 2 aromatic carbocycles. The second-order valence-electron chi connectivity index (χ2n) is 12.4. The van der Waals surface area contributed by atoms with Gasteiger partial charge in [0.15, 0.2) is 0 Å². The number of pyridine rings is 1. The molecule has 2 fully saturated rings. The van der Waals surface area contributed by atoms with Crippen LogP contribution in [0.1, 0.15) is 55.2 Å². The Balaban J connectivity index is 1.44. The molecule has 0 radical (unpaired) electrons. The van der Waals surface area contributed by atoms with E-state index in [4.69, 9.17) is 9.47 Å². The summed E-state index contributed by atoms with van der Waals surface area (Å²) in [5.74, 6) is 1.10. The third kappa shape index (κ3) is 5.62. The van der Waals surface area contributed by atoms with E-state index in [9.17, 15) is 14.4 Å². The topological polar surface area (TPSA) is 93.1 Å². The summed E-state index contributed by atoms with van der Waals surface area (Å²) in [5.41, 5.74) is 2.54. The van der Waals surface area contributed by atoms with Gasteiger partial charge in [-0.3, -0.25) is 9.36 Å². The highest BCUT2D eigenvalue weighted by atomic mass is 16.6. The summed E-state index contributed by atoms with van der Waals surface area (Å²) in [6, 6.07) is 13.2. The number of nitrogens with zero attached hydrogens (tertiary/aromatic N) is 3. The van der Waals surface area contributed by atoms with Crippen LogP contribution in [-0.4, -0.2) is 60.4 Å². The molecule has 5 rings (SSSR count). The molecule has 1 aromatic heterocycles. The molecular formula is C32H40N4O5. The average Bonchev–Trinajstić information content (AvgIpc) is 3.49. The average molecular weight is 561 g/mol. The van der Waals surface area contributed by atoms with Crippen molar-refractivity contribution in [3.63, 3.8) is 0 Å². The van der Waals surface area contributed by atoms with Crippen molar-refractivity contribution in [2.75, 3.05) is 43.5 Å². The largest absolute Gasteiger partial charge is 0.465 e. The molecule has 9 heteroatoms. The van der Waals surface area contributed by atoms with E-state index in [1.54, 1.807) is 16.7 Å². The van der Waals surface area contributed by atoms with Gasteiger partial charge in [0.05, 0.1) is 12.7 Å². The Morgan fingerprint density at radius 1 is 1.00 bits per heavy atom. The fourth-order valence-corrected chi connectivity index (χ4v) is 6.20. The van der Waals surface area contributed by atoms with Gasteiger partial charge in [-0.15, -0.1) is 0 Å². The third-order valence-electron chi connectivity index (χ3n) is 8.14. The van der Waals surface area contributed by atoms with Crippen molar-refractivity contribution >= 4 is 34.3 Å². The molecule has 2 aliphatic rings. The van der Waals surface area contributed by atoms with Gasteiger partial charge >= 0.3 is 12.1 Å². The minimum Gasteiger partial charge on any atom is -0.465 e. The lowest BCUT2D eigenvalue weighted by atomic mass is 9.97. The van der Waals surface area contributed by atoms with Crippen molar-refractivity contribution in [3.8, 4) is 0 Å². The molecule has 0 bridgehead atoms. The fourth-order valence-electron chi connectivity index (χ4n) is 6.20. The number of esters is 1. The first kappa shape index (κ1) is 28.5. The fraction of sp³-hybridized carbons (Fsp3) is 0.469. The maximum atomic E-state index is 13.7. The molecule has 3 heterocycles. The molecule has 218 valence electrons. The molecule has 0 aliphatic carbocycles. The minimum absolute atomic E-state index is 0.0444. The summed E-state index contributed by atoms with van der Waals surface area (Å²) in [7, 11) is 3.20. The van der Waals surface area contributed by atoms with E-state index in [-0.39, 0.29) is 17.7 Å². The lowest BCUT2D eigenvalue weighted by Gasteiger charge is -2.27. The Hall–Kier alpha value is -4.01. The number of methoxy groups -OCH3 is 1. The minimum atomic E-state index is -0.520. The molecule has 1 N–H and O–H groups in total. The van der Waals surface area contributed by atoms with Gasteiger partial charge in [0, 0.05) is 62.2 Å². The van der Waals surface area contributed by atoms with E-state index in [1.165, 1.54) is 7.11 Å². The van der Waals surface area contributed by atoms with Gasteiger partial charge < -0.3 is 24.6 Å². The van der Waals surface area contributed by atoms with Crippen LogP contribution in [0.2, 0.25) is 0 Å². The molecular weight excluding hydrogens is 520 g/mol. The summed E-state index contributed by atoms with van der Waals surface area (Å²) in [4.78, 5) is 42.8. The van der Waals surface area contributed by atoms with Gasteiger partial charge in [-0.2, -0.15) is 0 Å². The summed E-state index contributed by atoms with van der Waals surface area (Å²) in [6.07, 6.45) is -0.258. The third-order valence-corrected chi connectivity index (χ3v) is 8.14. The first-order valence-electron chi connectivity index (χ1n) is 14.2. The number of rotatable bonds is 5. The zero-order valence-electron chi connectivity index (χ0n) is 25.0. The number of likely N-dealkylation sites (tertiary alicyclic amines) is 1. The van der Waals surface area contributed by atoms with Gasteiger partial charge in [-0.05, 0) is 75.4 Å². The normalized spacial score (nSPS) is 19.3. The molecule has 2 saturated heterocycles. The van der Waals surface area contributed by atoms with Gasteiger partial charge in [-0.1, -0.05) is 18.2 Å². The summed E-state index contributed by atoms with van der Waals surface area (Å²) < 4.78 is 12.3. The quantitative estimate of drug-likeness (QED) is 0.434. The number of benzene rings is 2. The van der Waals surface area contributed by atoms with Gasteiger partial charge in [0.1, 0.15) is 11.4 Å². The maximum absolute atomic E-state index is 13.7. The molecule has 1 amide bonds. The monoisotopic (exact) mass is 560 g/mol. The van der Waals surface area contributed by atoms with Crippen molar-refractivity contribution in [3.05, 3.63) is 69.5 Å². The number of amides is 1. The maximum Gasteiger partial charge on any atom is 0.410 e. The Kier molecular flexibility index (Phi) is 7.48. The molecule has 3 aromatic rings. The van der Waals surface area contributed by atoms with Crippen LogP contribution in [0.25, 0.3) is 10.8 Å². The Labute approximate surface area is 241 Å². The van der Waals surface area contributed by atoms with Crippen molar-refractivity contribution in [1.82, 2.24) is 9.47 Å². The van der Waals surface area contributed by atoms with Crippen LogP contribution in [-0.2, 0) is 16.5 Å². The SMILES string of the molecule is COC(=O)c1ccccc1NC(C)c1cc(C)cc2c(=O)n(C)c(N3C[C@H]4CN(C(=O)OC(C)(C)C)C[C@H]4C3)cc12. The zero-order valence-corrected chi connectivity index (χ0v) is 25.0. The van der Waals surface area contributed by atoms with Crippen LogP contribution in [0.3, 0.4) is 0 Å². The first-order chi connectivity index (χ1) is 19.4. The highest BCUT2D eigenvalue weighted by Crippen LogP contribution is 2.36. The number of aromatic nitrogens is 1. The van der Waals surface area contributed by atoms with E-state index in [2.05, 4.69) is 22.3 Å². The molecule has 2 aliphatic heterocycles. The highest BCUT2D eigenvalue weighted by molar-refractivity contribution is 5.96. The number of nitrogens with one attached hydrogen (secondary N) is 1. The Morgan fingerprint density at radius 2 is 1.66 bits per heavy atom. The van der Waals surface area contributed by atoms with Gasteiger partial charge in [0.2, 0.25) is 0 Å². The molecule has 3 atom stereocenters. The molecule has 9 nitrogen and oxygen atoms in total. The van der Waals surface area contributed by atoms with Crippen LogP contribution in [0.4, 0.5) is 16.3 Å². The van der Waals surface area contributed by atoms with Crippen LogP contribution >= 0.6 is 0 Å². The smallest absolute Gasteiger partial charge is 0.410 e. The Bertz CT molecular complexity index is 1540. The van der Waals surface area contributed by atoms with Gasteiger partial charge in [0.25, 0.3) is 5.56 Å². The molecule has 41 heavy (non-hydrogen) atoms. The number of carbonyl (C=O) groups excluding carboxylic acids is 2. The Morgan fingerprint density at radius 3 is 2.29 bits per heavy atom. The number of para-hydroxylation sites is 1. The van der Waals surface area contributed by atoms with Crippen LogP contribution in [0.15, 0.2) is 47.3 Å². The predicted molar refractivity (Wildman–Crippen MR) is 161 cm³/mol. The van der Waals surface area contributed by atoms with E-state index in [0.29, 0.717) is 41.6 Å². The lowest BCUT2D eigenvalue weighted by Crippen LogP contribution is -2.38. The summed E-state index contributed by atoms with van der Waals surface area (Å²) in [5, 5.41) is 5.03. The number of hydrogen-bond donors (Lipinski definition) is 1. The van der Waals surface area contributed by atoms with Crippen molar-refractivity contribution in [1.29, 1.82) is 0 Å². The van der Waals surface area contributed by atoms with Crippen LogP contribution < -0.4 is 15.8 Å². The predicted octanol–water partition coefficient (Wildman–Crippen LogP) is 5.11. The van der Waals surface area contributed by atoms with Crippen molar-refractivity contribution < 1.29 is 19.1 Å². The van der Waals surface area contributed by atoms with E-state index < -0.39 is 11.6 Å². The number of aryl methyl sites for hydroxylation is 1. The standard InChI is InChI=1S/C32H40N4O5/c1-19-12-24(20(2)33-27-11-9-8-10-23(27)30(38)40-7)25-14-28(34(6)29(37)26(25)13-19)35-15-21-17-36(18-22(21)16-35)31(39)41-32(3,4)5/h8-14,20-22,33H,15-18H2,1-7H3/t20?,21-,22+. The second kappa shape index (κ2) is 10.8. The van der Waals surface area contributed by atoms with Crippen molar-refractivity contribution in [2.24, 2.45) is 18.9 Å². The lowest BCUT2D eigenvalue weighted by molar-refractivity contribution is 0.0282. The van der Waals surface area contributed by atoms with Crippen molar-refractivity contribution in [2.45, 2.75) is 46.3 Å². The van der Waals surface area contributed by atoms with E-state index >= 15 is 0 Å². The zero-order chi connectivity index (χ0) is 29.6. The second-order valence-corrected chi connectivity index (χ2v) is 12.4. The number of fused-ring (bicyclic) bond motifs is 2. The summed E-state index contributed by atoms with van der Waals surface area (Å²) in [6.45, 7) is 12.5. The summed E-state index contributed by atoms with van der Waals surface area (Å²) >= 11 is 0. The first-order valence-corrected chi connectivity index (χ1v) is 14.2. The van der Waals surface area contributed by atoms with Crippen LogP contribution in [0, 0.1) is 18.8 Å².